The van der Waals surface area contributed by atoms with Gasteiger partial charge in [0.1, 0.15) is 6.04 Å². The van der Waals surface area contributed by atoms with Crippen LogP contribution in [0.5, 0.6) is 0 Å². The number of rotatable bonds is 4. The van der Waals surface area contributed by atoms with Gasteiger partial charge in [0.25, 0.3) is 0 Å². The van der Waals surface area contributed by atoms with Crippen molar-refractivity contribution in [1.82, 2.24) is 10.2 Å². The number of carboxylic acids is 1. The van der Waals surface area contributed by atoms with Crippen molar-refractivity contribution in [3.05, 3.63) is 35.9 Å². The van der Waals surface area contributed by atoms with Gasteiger partial charge in [-0.05, 0) is 5.56 Å². The molecule has 1 aromatic rings. The molecule has 106 valence electrons. The molecule has 0 saturated carbocycles. The van der Waals surface area contributed by atoms with Gasteiger partial charge in [0, 0.05) is 13.1 Å². The van der Waals surface area contributed by atoms with Gasteiger partial charge in [-0.25, -0.2) is 0 Å². The molecule has 2 amide bonds. The second-order valence-corrected chi connectivity index (χ2v) is 4.65. The number of hydrogen-bond donors (Lipinski definition) is 2. The van der Waals surface area contributed by atoms with E-state index in [-0.39, 0.29) is 18.7 Å². The number of piperazine rings is 1. The maximum Gasteiger partial charge on any atom is 0.305 e. The van der Waals surface area contributed by atoms with E-state index in [1.54, 1.807) is 0 Å². The first-order valence-corrected chi connectivity index (χ1v) is 6.41. The van der Waals surface area contributed by atoms with Gasteiger partial charge in [-0.2, -0.15) is 0 Å². The van der Waals surface area contributed by atoms with Crippen molar-refractivity contribution in [3.63, 3.8) is 0 Å². The van der Waals surface area contributed by atoms with Gasteiger partial charge >= 0.3 is 5.97 Å². The van der Waals surface area contributed by atoms with Crippen LogP contribution in [-0.2, 0) is 20.8 Å². The predicted molar refractivity (Wildman–Crippen MR) is 70.9 cm³/mol. The molecule has 1 fully saturated rings. The summed E-state index contributed by atoms with van der Waals surface area (Å²) in [6.45, 7) is 0.699. The topological polar surface area (TPSA) is 86.7 Å². The van der Waals surface area contributed by atoms with E-state index in [4.69, 9.17) is 5.11 Å². The molecule has 0 bridgehead atoms. The SMILES string of the molecule is O=C(O)CC1C(=O)NCCN1C(=O)Cc1ccccc1. The van der Waals surface area contributed by atoms with E-state index in [0.717, 1.165) is 5.56 Å². The third kappa shape index (κ3) is 3.34. The fourth-order valence-electron chi connectivity index (χ4n) is 2.25. The Kier molecular flexibility index (Phi) is 4.34. The lowest BCUT2D eigenvalue weighted by molar-refractivity contribution is -0.148. The first-order chi connectivity index (χ1) is 9.58. The molecule has 0 spiro atoms. The Bertz CT molecular complexity index is 515. The van der Waals surface area contributed by atoms with E-state index in [0.29, 0.717) is 13.1 Å². The molecule has 20 heavy (non-hydrogen) atoms. The molecule has 1 heterocycles. The van der Waals surface area contributed by atoms with Crippen molar-refractivity contribution < 1.29 is 19.5 Å². The molecule has 1 aliphatic rings. The van der Waals surface area contributed by atoms with Gasteiger partial charge in [-0.3, -0.25) is 14.4 Å². The van der Waals surface area contributed by atoms with E-state index in [2.05, 4.69) is 5.32 Å². The van der Waals surface area contributed by atoms with E-state index in [1.807, 2.05) is 30.3 Å². The number of carboxylic acid groups (broad SMARTS) is 1. The Morgan fingerprint density at radius 3 is 2.65 bits per heavy atom. The highest BCUT2D eigenvalue weighted by Gasteiger charge is 2.34. The quantitative estimate of drug-likeness (QED) is 0.812. The van der Waals surface area contributed by atoms with Crippen LogP contribution in [0.3, 0.4) is 0 Å². The lowest BCUT2D eigenvalue weighted by atomic mass is 10.1. The van der Waals surface area contributed by atoms with Gasteiger partial charge in [-0.15, -0.1) is 0 Å². The number of benzene rings is 1. The standard InChI is InChI=1S/C14H16N2O4/c17-12(8-10-4-2-1-3-5-10)16-7-6-15-14(20)11(16)9-13(18)19/h1-5,11H,6-9H2,(H,15,20)(H,18,19). The molecule has 0 aliphatic carbocycles. The predicted octanol–water partition coefficient (Wildman–Crippen LogP) is 0.0308. The molecule has 0 aromatic heterocycles. The van der Waals surface area contributed by atoms with Gasteiger partial charge in [0.15, 0.2) is 0 Å². The Labute approximate surface area is 116 Å². The molecule has 6 nitrogen and oxygen atoms in total. The zero-order valence-electron chi connectivity index (χ0n) is 10.9. The molecular formula is C14H16N2O4. The number of carbonyl (C=O) groups is 3. The Balaban J connectivity index is 2.09. The summed E-state index contributed by atoms with van der Waals surface area (Å²) in [5, 5.41) is 11.4. The summed E-state index contributed by atoms with van der Waals surface area (Å²) < 4.78 is 0. The average molecular weight is 276 g/mol. The van der Waals surface area contributed by atoms with Crippen LogP contribution in [0.2, 0.25) is 0 Å². The summed E-state index contributed by atoms with van der Waals surface area (Å²) in [7, 11) is 0. The fourth-order valence-corrected chi connectivity index (χ4v) is 2.25. The van der Waals surface area contributed by atoms with Gasteiger partial charge in [-0.1, -0.05) is 30.3 Å². The van der Waals surface area contributed by atoms with E-state index < -0.39 is 17.9 Å². The summed E-state index contributed by atoms with van der Waals surface area (Å²) in [5.41, 5.74) is 0.845. The smallest absolute Gasteiger partial charge is 0.305 e. The lowest BCUT2D eigenvalue weighted by Crippen LogP contribution is -2.58. The molecule has 1 unspecified atom stereocenters. The van der Waals surface area contributed by atoms with Crippen LogP contribution >= 0.6 is 0 Å². The van der Waals surface area contributed by atoms with Gasteiger partial charge in [0.2, 0.25) is 11.8 Å². The van der Waals surface area contributed by atoms with E-state index >= 15 is 0 Å². The number of carbonyl (C=O) groups excluding carboxylic acids is 2. The maximum absolute atomic E-state index is 12.3. The highest BCUT2D eigenvalue weighted by molar-refractivity contribution is 5.92. The first kappa shape index (κ1) is 14.0. The molecule has 0 radical (unpaired) electrons. The number of aliphatic carboxylic acids is 1. The van der Waals surface area contributed by atoms with Crippen molar-refractivity contribution >= 4 is 17.8 Å². The first-order valence-electron chi connectivity index (χ1n) is 6.41. The van der Waals surface area contributed by atoms with Crippen LogP contribution in [0.4, 0.5) is 0 Å². The maximum atomic E-state index is 12.3. The summed E-state index contributed by atoms with van der Waals surface area (Å²) in [5.74, 6) is -1.72. The molecule has 1 aromatic carbocycles. The Morgan fingerprint density at radius 2 is 2.00 bits per heavy atom. The minimum Gasteiger partial charge on any atom is -0.481 e. The lowest BCUT2D eigenvalue weighted by Gasteiger charge is -2.34. The van der Waals surface area contributed by atoms with Crippen molar-refractivity contribution in [3.8, 4) is 0 Å². The molecular weight excluding hydrogens is 260 g/mol. The molecule has 1 atom stereocenters. The van der Waals surface area contributed by atoms with Crippen molar-refractivity contribution in [2.24, 2.45) is 0 Å². The van der Waals surface area contributed by atoms with Crippen molar-refractivity contribution in [1.29, 1.82) is 0 Å². The Hall–Kier alpha value is -2.37. The van der Waals surface area contributed by atoms with Crippen LogP contribution in [0.15, 0.2) is 30.3 Å². The molecule has 2 rings (SSSR count). The van der Waals surface area contributed by atoms with Crippen LogP contribution in [0, 0.1) is 0 Å². The van der Waals surface area contributed by atoms with Crippen LogP contribution in [0.25, 0.3) is 0 Å². The summed E-state index contributed by atoms with van der Waals surface area (Å²) in [6, 6.07) is 8.26. The number of nitrogens with one attached hydrogen (secondary N) is 1. The van der Waals surface area contributed by atoms with Crippen molar-refractivity contribution in [2.45, 2.75) is 18.9 Å². The third-order valence-corrected chi connectivity index (χ3v) is 3.22. The second-order valence-electron chi connectivity index (χ2n) is 4.65. The largest absolute Gasteiger partial charge is 0.481 e. The average Bonchev–Trinajstić information content (AvgIpc) is 2.41. The number of amides is 2. The molecule has 1 aliphatic heterocycles. The summed E-state index contributed by atoms with van der Waals surface area (Å²) in [6.07, 6.45) is -0.198. The molecule has 1 saturated heterocycles. The summed E-state index contributed by atoms with van der Waals surface area (Å²) >= 11 is 0. The fraction of sp³-hybridized carbons (Fsp3) is 0.357. The number of hydrogen-bond acceptors (Lipinski definition) is 3. The highest BCUT2D eigenvalue weighted by Crippen LogP contribution is 2.12. The van der Waals surface area contributed by atoms with E-state index in [1.165, 1.54) is 4.90 Å². The van der Waals surface area contributed by atoms with Crippen molar-refractivity contribution in [2.75, 3.05) is 13.1 Å². The highest BCUT2D eigenvalue weighted by atomic mass is 16.4. The van der Waals surface area contributed by atoms with Crippen LogP contribution in [-0.4, -0.2) is 46.9 Å². The second kappa shape index (κ2) is 6.18. The normalized spacial score (nSPS) is 18.5. The minimum absolute atomic E-state index is 0.171. The third-order valence-electron chi connectivity index (χ3n) is 3.22. The minimum atomic E-state index is -1.09. The molecule has 6 heteroatoms. The number of nitrogens with zero attached hydrogens (tertiary/aromatic N) is 1. The molecule has 2 N–H and O–H groups in total. The zero-order chi connectivity index (χ0) is 14.5. The van der Waals surface area contributed by atoms with Gasteiger partial charge < -0.3 is 15.3 Å². The van der Waals surface area contributed by atoms with Gasteiger partial charge in [0.05, 0.1) is 12.8 Å². The Morgan fingerprint density at radius 1 is 1.30 bits per heavy atom. The summed E-state index contributed by atoms with van der Waals surface area (Å²) in [4.78, 5) is 36.2. The van der Waals surface area contributed by atoms with Crippen LogP contribution in [0.1, 0.15) is 12.0 Å². The monoisotopic (exact) mass is 276 g/mol. The van der Waals surface area contributed by atoms with E-state index in [9.17, 15) is 14.4 Å². The van der Waals surface area contributed by atoms with Crippen LogP contribution < -0.4 is 5.32 Å². The zero-order valence-corrected chi connectivity index (χ0v) is 10.9.